The molecule has 2 amide bonds. The molecule has 1 aliphatic carbocycles. The van der Waals surface area contributed by atoms with Crippen molar-refractivity contribution in [2.45, 2.75) is 37.5 Å². The molecular weight excluding hydrogens is 438 g/mol. The van der Waals surface area contributed by atoms with E-state index < -0.39 is 5.41 Å². The lowest BCUT2D eigenvalue weighted by Crippen LogP contribution is -2.49. The van der Waals surface area contributed by atoms with Gasteiger partial charge in [0.25, 0.3) is 0 Å². The van der Waals surface area contributed by atoms with Crippen LogP contribution in [0.3, 0.4) is 0 Å². The van der Waals surface area contributed by atoms with Gasteiger partial charge < -0.3 is 15.0 Å². The Morgan fingerprint density at radius 3 is 2.46 bits per heavy atom. The van der Waals surface area contributed by atoms with E-state index in [0.717, 1.165) is 16.9 Å². The first-order valence-electron chi connectivity index (χ1n) is 12.4. The molecule has 2 aliphatic rings. The number of hydrogen-bond acceptors (Lipinski definition) is 4. The van der Waals surface area contributed by atoms with Crippen molar-refractivity contribution >= 4 is 11.8 Å². The van der Waals surface area contributed by atoms with E-state index in [-0.39, 0.29) is 23.7 Å². The van der Waals surface area contributed by atoms with Gasteiger partial charge in [0.1, 0.15) is 5.75 Å². The second-order valence-electron chi connectivity index (χ2n) is 9.43. The predicted octanol–water partition coefficient (Wildman–Crippen LogP) is 4.02. The maximum atomic E-state index is 13.5. The number of nitrogens with zero attached hydrogens (tertiary/aromatic N) is 2. The summed E-state index contributed by atoms with van der Waals surface area (Å²) in [5, 5.41) is 13.0. The minimum Gasteiger partial charge on any atom is -0.497 e. The Kier molecular flexibility index (Phi) is 7.87. The summed E-state index contributed by atoms with van der Waals surface area (Å²) < 4.78 is 5.27. The van der Waals surface area contributed by atoms with Crippen LogP contribution in [-0.4, -0.2) is 43.5 Å². The molecule has 0 saturated carbocycles. The first-order valence-corrected chi connectivity index (χ1v) is 12.4. The Balaban J connectivity index is 1.35. The van der Waals surface area contributed by atoms with Crippen molar-refractivity contribution in [3.8, 4) is 11.8 Å². The number of amides is 2. The number of piperidine rings is 1. The molecule has 2 atom stereocenters. The summed E-state index contributed by atoms with van der Waals surface area (Å²) in [5.74, 6) is 0.0361. The van der Waals surface area contributed by atoms with Gasteiger partial charge in [0, 0.05) is 19.6 Å². The molecule has 4 rings (SSSR count). The van der Waals surface area contributed by atoms with Gasteiger partial charge in [-0.15, -0.1) is 0 Å². The lowest BCUT2D eigenvalue weighted by atomic mass is 9.73. The minimum absolute atomic E-state index is 0.0295. The monoisotopic (exact) mass is 471 g/mol. The molecule has 182 valence electrons. The minimum atomic E-state index is -0.554. The van der Waals surface area contributed by atoms with Crippen LogP contribution in [-0.2, 0) is 21.4 Å². The van der Waals surface area contributed by atoms with E-state index in [1.165, 1.54) is 0 Å². The van der Waals surface area contributed by atoms with Gasteiger partial charge in [-0.05, 0) is 55.4 Å². The van der Waals surface area contributed by atoms with Crippen LogP contribution in [0.5, 0.6) is 5.75 Å². The smallest absolute Gasteiger partial charge is 0.226 e. The second-order valence-corrected chi connectivity index (χ2v) is 9.43. The highest BCUT2D eigenvalue weighted by molar-refractivity contribution is 5.88. The highest BCUT2D eigenvalue weighted by atomic mass is 16.5. The van der Waals surface area contributed by atoms with Crippen LogP contribution >= 0.6 is 0 Å². The Bertz CT molecular complexity index is 1100. The van der Waals surface area contributed by atoms with Crippen LogP contribution in [0, 0.1) is 23.2 Å². The number of methoxy groups -OCH3 is 1. The fourth-order valence-electron chi connectivity index (χ4n) is 5.23. The summed E-state index contributed by atoms with van der Waals surface area (Å²) in [7, 11) is 1.64. The molecule has 1 heterocycles. The average Bonchev–Trinajstić information content (AvgIpc) is 2.93. The Morgan fingerprint density at radius 1 is 1.06 bits per heavy atom. The van der Waals surface area contributed by atoms with E-state index in [2.05, 4.69) is 11.4 Å². The molecule has 0 spiro atoms. The molecule has 2 aromatic carbocycles. The molecule has 6 heteroatoms. The first-order chi connectivity index (χ1) is 17.1. The molecule has 1 N–H and O–H groups in total. The highest BCUT2D eigenvalue weighted by Crippen LogP contribution is 2.36. The molecule has 1 fully saturated rings. The molecular formula is C29H33N3O3. The number of benzene rings is 2. The molecule has 2 aromatic rings. The fourth-order valence-corrected chi connectivity index (χ4v) is 5.23. The van der Waals surface area contributed by atoms with Crippen molar-refractivity contribution in [3.63, 3.8) is 0 Å². The number of hydrogen-bond donors (Lipinski definition) is 1. The summed E-state index contributed by atoms with van der Waals surface area (Å²) >= 11 is 0. The Labute approximate surface area is 207 Å². The van der Waals surface area contributed by atoms with Gasteiger partial charge >= 0.3 is 0 Å². The van der Waals surface area contributed by atoms with Gasteiger partial charge in [-0.3, -0.25) is 9.59 Å². The van der Waals surface area contributed by atoms with Crippen LogP contribution in [0.4, 0.5) is 0 Å². The third-order valence-corrected chi connectivity index (χ3v) is 7.40. The van der Waals surface area contributed by atoms with Crippen LogP contribution < -0.4 is 10.1 Å². The quantitative estimate of drug-likeness (QED) is 0.619. The average molecular weight is 472 g/mol. The molecule has 0 aromatic heterocycles. The Morgan fingerprint density at radius 2 is 1.77 bits per heavy atom. The zero-order chi connectivity index (χ0) is 24.7. The highest BCUT2D eigenvalue weighted by Gasteiger charge is 2.41. The van der Waals surface area contributed by atoms with Gasteiger partial charge in [0.2, 0.25) is 11.8 Å². The van der Waals surface area contributed by atoms with Crippen molar-refractivity contribution in [2.75, 3.05) is 26.7 Å². The second kappa shape index (κ2) is 11.2. The topological polar surface area (TPSA) is 82.4 Å². The van der Waals surface area contributed by atoms with E-state index in [4.69, 9.17) is 4.74 Å². The van der Waals surface area contributed by atoms with Gasteiger partial charge in [-0.2, -0.15) is 5.26 Å². The van der Waals surface area contributed by atoms with Gasteiger partial charge in [-0.25, -0.2) is 0 Å². The summed E-state index contributed by atoms with van der Waals surface area (Å²) in [6.45, 7) is 1.58. The number of nitriles is 1. The SMILES string of the molecule is COc1cccc(CCNC(=O)C2CC=CCC2C(=O)N2CCC(C#N)(c3ccccc3)CC2)c1. The van der Waals surface area contributed by atoms with Gasteiger partial charge in [-0.1, -0.05) is 54.6 Å². The molecule has 0 bridgehead atoms. The van der Waals surface area contributed by atoms with Crippen molar-refractivity contribution < 1.29 is 14.3 Å². The van der Waals surface area contributed by atoms with Crippen LogP contribution in [0.25, 0.3) is 0 Å². The van der Waals surface area contributed by atoms with Crippen molar-refractivity contribution in [1.82, 2.24) is 10.2 Å². The molecule has 0 radical (unpaired) electrons. The summed E-state index contributed by atoms with van der Waals surface area (Å²) in [5.41, 5.74) is 1.55. The number of likely N-dealkylation sites (tertiary alicyclic amines) is 1. The van der Waals surface area contributed by atoms with E-state index in [1.807, 2.05) is 71.6 Å². The lowest BCUT2D eigenvalue weighted by Gasteiger charge is -2.40. The zero-order valence-corrected chi connectivity index (χ0v) is 20.3. The van der Waals surface area contributed by atoms with Gasteiger partial charge in [0.05, 0.1) is 30.4 Å². The summed E-state index contributed by atoms with van der Waals surface area (Å²) in [6, 6.07) is 20.2. The number of nitrogens with one attached hydrogen (secondary N) is 1. The standard InChI is InChI=1S/C29H33N3O3/c1-35-24-11-7-8-22(20-24)14-17-31-27(33)25-12-5-6-13-26(25)28(34)32-18-15-29(21-30,16-19-32)23-9-3-2-4-10-23/h2-11,20,25-26H,12-19H2,1H3,(H,31,33). The number of ether oxygens (including phenoxy) is 1. The molecule has 1 aliphatic heterocycles. The van der Waals surface area contributed by atoms with E-state index in [0.29, 0.717) is 51.7 Å². The summed E-state index contributed by atoms with van der Waals surface area (Å²) in [4.78, 5) is 28.4. The molecule has 2 unspecified atom stereocenters. The van der Waals surface area contributed by atoms with E-state index in [9.17, 15) is 14.9 Å². The Hall–Kier alpha value is -3.59. The van der Waals surface area contributed by atoms with Crippen LogP contribution in [0.1, 0.15) is 36.8 Å². The van der Waals surface area contributed by atoms with E-state index >= 15 is 0 Å². The zero-order valence-electron chi connectivity index (χ0n) is 20.3. The number of allylic oxidation sites excluding steroid dienone is 2. The first kappa shape index (κ1) is 24.5. The number of rotatable bonds is 7. The molecule has 6 nitrogen and oxygen atoms in total. The summed E-state index contributed by atoms with van der Waals surface area (Å²) in [6.07, 6.45) is 7.08. The third-order valence-electron chi connectivity index (χ3n) is 7.40. The lowest BCUT2D eigenvalue weighted by molar-refractivity contribution is -0.143. The maximum Gasteiger partial charge on any atom is 0.226 e. The fraction of sp³-hybridized carbons (Fsp3) is 0.414. The largest absolute Gasteiger partial charge is 0.497 e. The number of carbonyl (C=O) groups is 2. The maximum absolute atomic E-state index is 13.5. The normalized spacial score (nSPS) is 21.1. The van der Waals surface area contributed by atoms with Crippen LogP contribution in [0.2, 0.25) is 0 Å². The molecule has 35 heavy (non-hydrogen) atoms. The van der Waals surface area contributed by atoms with Crippen molar-refractivity contribution in [1.29, 1.82) is 5.26 Å². The van der Waals surface area contributed by atoms with Crippen LogP contribution in [0.15, 0.2) is 66.7 Å². The molecule has 1 saturated heterocycles. The van der Waals surface area contributed by atoms with E-state index in [1.54, 1.807) is 7.11 Å². The third kappa shape index (κ3) is 5.57. The predicted molar refractivity (Wildman–Crippen MR) is 135 cm³/mol. The van der Waals surface area contributed by atoms with Crippen molar-refractivity contribution in [2.24, 2.45) is 11.8 Å². The van der Waals surface area contributed by atoms with Gasteiger partial charge in [0.15, 0.2) is 0 Å². The number of carbonyl (C=O) groups excluding carboxylic acids is 2. The van der Waals surface area contributed by atoms with Crippen molar-refractivity contribution in [3.05, 3.63) is 77.9 Å².